The number of carboxylic acid groups (broad SMARTS) is 1. The summed E-state index contributed by atoms with van der Waals surface area (Å²) in [5.74, 6) is -0.858. The fourth-order valence-corrected chi connectivity index (χ4v) is 4.38. The lowest BCUT2D eigenvalue weighted by atomic mass is 9.98. The molecule has 2 aliphatic carbocycles. The summed E-state index contributed by atoms with van der Waals surface area (Å²) in [7, 11) is 0. The standard InChI is InChI=1S/C23H25NO5/c25-22(26)12-13-28-21-11-5-10-20(21)24-23(27)29-14-19-17-8-3-1-6-15(17)16-7-2-4-9-18(16)19/h1-4,6-9,19-21H,5,10-14H2,(H,24,27)(H,25,26)/t20-,21-/m1/s1. The summed E-state index contributed by atoms with van der Waals surface area (Å²) in [6.07, 6.45) is 1.91. The molecule has 1 saturated carbocycles. The molecule has 0 aliphatic heterocycles. The van der Waals surface area contributed by atoms with E-state index in [1.54, 1.807) is 0 Å². The van der Waals surface area contributed by atoms with Crippen molar-refractivity contribution in [3.8, 4) is 11.1 Å². The van der Waals surface area contributed by atoms with Gasteiger partial charge in [-0.15, -0.1) is 0 Å². The average molecular weight is 395 g/mol. The molecule has 0 spiro atoms. The summed E-state index contributed by atoms with van der Waals surface area (Å²) >= 11 is 0. The zero-order valence-electron chi connectivity index (χ0n) is 16.2. The van der Waals surface area contributed by atoms with Crippen LogP contribution in [-0.2, 0) is 14.3 Å². The molecule has 6 nitrogen and oxygen atoms in total. The lowest BCUT2D eigenvalue weighted by Crippen LogP contribution is -2.42. The highest BCUT2D eigenvalue weighted by Crippen LogP contribution is 2.44. The van der Waals surface area contributed by atoms with Gasteiger partial charge in [-0.25, -0.2) is 4.79 Å². The Morgan fingerprint density at radius 3 is 2.31 bits per heavy atom. The van der Waals surface area contributed by atoms with Gasteiger partial charge in [0.15, 0.2) is 0 Å². The summed E-state index contributed by atoms with van der Waals surface area (Å²) in [5, 5.41) is 11.6. The number of aliphatic carboxylic acids is 1. The van der Waals surface area contributed by atoms with Crippen LogP contribution in [0.2, 0.25) is 0 Å². The van der Waals surface area contributed by atoms with E-state index in [-0.39, 0.29) is 37.7 Å². The first kappa shape index (κ1) is 19.5. The normalized spacial score (nSPS) is 20.1. The number of hydrogen-bond donors (Lipinski definition) is 2. The van der Waals surface area contributed by atoms with Gasteiger partial charge in [-0.3, -0.25) is 4.79 Å². The molecular weight excluding hydrogens is 370 g/mol. The number of nitrogens with one attached hydrogen (secondary N) is 1. The Morgan fingerprint density at radius 2 is 1.66 bits per heavy atom. The topological polar surface area (TPSA) is 84.9 Å². The molecule has 0 saturated heterocycles. The Hall–Kier alpha value is -2.86. The SMILES string of the molecule is O=C(O)CCO[C@@H]1CCC[C@H]1NC(=O)OCC1c2ccccc2-c2ccccc21. The molecule has 0 aromatic heterocycles. The van der Waals surface area contributed by atoms with Crippen LogP contribution in [0.15, 0.2) is 48.5 Å². The van der Waals surface area contributed by atoms with Gasteiger partial charge in [0.1, 0.15) is 6.61 Å². The van der Waals surface area contributed by atoms with Crippen molar-refractivity contribution in [1.29, 1.82) is 0 Å². The highest BCUT2D eigenvalue weighted by molar-refractivity contribution is 5.79. The van der Waals surface area contributed by atoms with E-state index in [0.717, 1.165) is 19.3 Å². The highest BCUT2D eigenvalue weighted by atomic mass is 16.5. The van der Waals surface area contributed by atoms with Gasteiger partial charge in [0, 0.05) is 5.92 Å². The second kappa shape index (κ2) is 8.66. The van der Waals surface area contributed by atoms with Crippen LogP contribution in [0.4, 0.5) is 4.79 Å². The fourth-order valence-electron chi connectivity index (χ4n) is 4.38. The van der Waals surface area contributed by atoms with Crippen molar-refractivity contribution >= 4 is 12.1 Å². The molecule has 6 heteroatoms. The van der Waals surface area contributed by atoms with Gasteiger partial charge < -0.3 is 19.9 Å². The number of rotatable bonds is 7. The number of benzene rings is 2. The largest absolute Gasteiger partial charge is 0.481 e. The number of alkyl carbamates (subject to hydrolysis) is 1. The number of fused-ring (bicyclic) bond motifs is 3. The first-order valence-electron chi connectivity index (χ1n) is 10.1. The van der Waals surface area contributed by atoms with Crippen LogP contribution in [0.5, 0.6) is 0 Å². The third-order valence-corrected chi connectivity index (χ3v) is 5.75. The van der Waals surface area contributed by atoms with Crippen LogP contribution in [0.1, 0.15) is 42.7 Å². The molecule has 2 aliphatic rings. The Bertz CT molecular complexity index is 851. The highest BCUT2D eigenvalue weighted by Gasteiger charge is 2.32. The zero-order chi connectivity index (χ0) is 20.2. The average Bonchev–Trinajstić information content (AvgIpc) is 3.28. The molecule has 29 heavy (non-hydrogen) atoms. The van der Waals surface area contributed by atoms with Gasteiger partial charge in [0.25, 0.3) is 0 Å². The fraction of sp³-hybridized carbons (Fsp3) is 0.391. The van der Waals surface area contributed by atoms with Gasteiger partial charge >= 0.3 is 12.1 Å². The maximum Gasteiger partial charge on any atom is 0.407 e. The maximum atomic E-state index is 12.4. The van der Waals surface area contributed by atoms with Gasteiger partial charge in [0.05, 0.1) is 25.2 Å². The monoisotopic (exact) mass is 395 g/mol. The number of carbonyl (C=O) groups is 2. The summed E-state index contributed by atoms with van der Waals surface area (Å²) in [5.41, 5.74) is 4.74. The van der Waals surface area contributed by atoms with Gasteiger partial charge in [-0.2, -0.15) is 0 Å². The van der Waals surface area contributed by atoms with Gasteiger partial charge in [0.2, 0.25) is 0 Å². The van der Waals surface area contributed by atoms with Crippen molar-refractivity contribution in [3.05, 3.63) is 59.7 Å². The summed E-state index contributed by atoms with van der Waals surface area (Å²) < 4.78 is 11.2. The predicted molar refractivity (Wildman–Crippen MR) is 108 cm³/mol. The van der Waals surface area contributed by atoms with Crippen molar-refractivity contribution in [2.24, 2.45) is 0 Å². The van der Waals surface area contributed by atoms with Crippen LogP contribution in [0, 0.1) is 0 Å². The van der Waals surface area contributed by atoms with Gasteiger partial charge in [-0.05, 0) is 41.5 Å². The predicted octanol–water partition coefficient (Wildman–Crippen LogP) is 3.94. The number of ether oxygens (including phenoxy) is 2. The van der Waals surface area contributed by atoms with E-state index in [1.165, 1.54) is 22.3 Å². The van der Waals surface area contributed by atoms with Gasteiger partial charge in [-0.1, -0.05) is 48.5 Å². The Kier molecular flexibility index (Phi) is 5.81. The van der Waals surface area contributed by atoms with Crippen LogP contribution in [-0.4, -0.2) is 42.5 Å². The minimum absolute atomic E-state index is 0.0272. The zero-order valence-corrected chi connectivity index (χ0v) is 16.2. The van der Waals surface area contributed by atoms with Crippen molar-refractivity contribution in [2.45, 2.75) is 43.7 Å². The van der Waals surface area contributed by atoms with E-state index in [1.807, 2.05) is 24.3 Å². The molecule has 2 aromatic rings. The van der Waals surface area contributed by atoms with Crippen molar-refractivity contribution in [3.63, 3.8) is 0 Å². The molecule has 2 N–H and O–H groups in total. The number of carbonyl (C=O) groups excluding carboxylic acids is 1. The first-order valence-corrected chi connectivity index (χ1v) is 10.1. The Labute approximate surface area is 169 Å². The van der Waals surface area contributed by atoms with E-state index >= 15 is 0 Å². The van der Waals surface area contributed by atoms with Crippen molar-refractivity contribution in [2.75, 3.05) is 13.2 Å². The first-order chi connectivity index (χ1) is 14.1. The van der Waals surface area contributed by atoms with E-state index < -0.39 is 12.1 Å². The number of carboxylic acids is 1. The van der Waals surface area contributed by atoms with Crippen LogP contribution >= 0.6 is 0 Å². The number of hydrogen-bond acceptors (Lipinski definition) is 4. The molecule has 1 fully saturated rings. The van der Waals surface area contributed by atoms with E-state index in [9.17, 15) is 9.59 Å². The molecular formula is C23H25NO5. The van der Waals surface area contributed by atoms with Crippen LogP contribution in [0.3, 0.4) is 0 Å². The molecule has 0 unspecified atom stereocenters. The van der Waals surface area contributed by atoms with Crippen LogP contribution in [0.25, 0.3) is 11.1 Å². The Morgan fingerprint density at radius 1 is 1.00 bits per heavy atom. The Balaban J connectivity index is 1.35. The third-order valence-electron chi connectivity index (χ3n) is 5.75. The minimum atomic E-state index is -0.885. The summed E-state index contributed by atoms with van der Waals surface area (Å²) in [6.45, 7) is 0.431. The lowest BCUT2D eigenvalue weighted by molar-refractivity contribution is -0.138. The molecule has 0 bridgehead atoms. The quantitative estimate of drug-likeness (QED) is 0.742. The van der Waals surface area contributed by atoms with E-state index in [0.29, 0.717) is 0 Å². The molecule has 2 atom stereocenters. The maximum absolute atomic E-state index is 12.4. The van der Waals surface area contributed by atoms with Crippen molar-refractivity contribution in [1.82, 2.24) is 5.32 Å². The molecule has 0 heterocycles. The number of amides is 1. The summed E-state index contributed by atoms with van der Waals surface area (Å²) in [4.78, 5) is 23.1. The molecule has 2 aromatic carbocycles. The second-order valence-corrected chi connectivity index (χ2v) is 7.56. The summed E-state index contributed by atoms with van der Waals surface area (Å²) in [6, 6.07) is 16.3. The molecule has 152 valence electrons. The minimum Gasteiger partial charge on any atom is -0.481 e. The molecule has 0 radical (unpaired) electrons. The molecule has 1 amide bonds. The smallest absolute Gasteiger partial charge is 0.407 e. The third kappa shape index (κ3) is 4.27. The van der Waals surface area contributed by atoms with E-state index in [2.05, 4.69) is 29.6 Å². The van der Waals surface area contributed by atoms with Crippen LogP contribution < -0.4 is 5.32 Å². The van der Waals surface area contributed by atoms with Crippen molar-refractivity contribution < 1.29 is 24.2 Å². The second-order valence-electron chi connectivity index (χ2n) is 7.56. The lowest BCUT2D eigenvalue weighted by Gasteiger charge is -2.22. The molecule has 4 rings (SSSR count). The van der Waals surface area contributed by atoms with E-state index in [4.69, 9.17) is 14.6 Å².